The lowest BCUT2D eigenvalue weighted by molar-refractivity contribution is -0.154. The number of thiazole rings is 1. The number of aromatic nitrogens is 1. The summed E-state index contributed by atoms with van der Waals surface area (Å²) < 4.78 is 5.83. The van der Waals surface area contributed by atoms with E-state index in [0.717, 1.165) is 42.0 Å². The van der Waals surface area contributed by atoms with Gasteiger partial charge in [0.15, 0.2) is 0 Å². The molecule has 35 heavy (non-hydrogen) atoms. The fourth-order valence-corrected chi connectivity index (χ4v) is 5.21. The van der Waals surface area contributed by atoms with E-state index in [2.05, 4.69) is 24.9 Å². The molecule has 1 unspecified atom stereocenters. The van der Waals surface area contributed by atoms with E-state index in [0.29, 0.717) is 6.42 Å². The summed E-state index contributed by atoms with van der Waals surface area (Å²) in [6.45, 7) is 13.0. The van der Waals surface area contributed by atoms with Crippen molar-refractivity contribution < 1.29 is 24.5 Å². The molecule has 5 atom stereocenters. The number of esters is 1. The van der Waals surface area contributed by atoms with Crippen molar-refractivity contribution in [3.05, 3.63) is 33.3 Å². The van der Waals surface area contributed by atoms with Crippen molar-refractivity contribution in [1.29, 1.82) is 0 Å². The molecule has 0 spiro atoms. The Morgan fingerprint density at radius 1 is 1.29 bits per heavy atom. The summed E-state index contributed by atoms with van der Waals surface area (Å²) >= 11 is 1.61. The van der Waals surface area contributed by atoms with Gasteiger partial charge in [0, 0.05) is 17.7 Å². The van der Waals surface area contributed by atoms with E-state index in [1.807, 2.05) is 25.3 Å². The van der Waals surface area contributed by atoms with Crippen molar-refractivity contribution in [2.24, 2.45) is 17.3 Å². The van der Waals surface area contributed by atoms with Crippen molar-refractivity contribution in [2.75, 3.05) is 0 Å². The topological polar surface area (TPSA) is 96.7 Å². The summed E-state index contributed by atoms with van der Waals surface area (Å²) in [7, 11) is 0. The molecule has 2 rings (SSSR count). The SMILES string of the molecule is CCc1nc(/C=C(\C)C2C/C=C(/C)CCC[C@H](C)[C@H](O)[C@@H](C)C(=O)C(C)(C)[C@@H](O)CC(=O)O2)cs1. The maximum Gasteiger partial charge on any atom is 0.309 e. The maximum absolute atomic E-state index is 13.2. The second-order valence-electron chi connectivity index (χ2n) is 10.6. The smallest absolute Gasteiger partial charge is 0.309 e. The number of carbonyl (C=O) groups is 2. The Balaban J connectivity index is 2.33. The highest BCUT2D eigenvalue weighted by atomic mass is 32.1. The standard InChI is InChI=1S/C28H43NO5S/c1-8-24-29-21(16-35-24)14-19(4)22-13-12-17(2)10-9-11-18(3)26(32)20(5)27(33)28(6,7)23(30)15-25(31)34-22/h12,14,16,18,20,22-23,26,30,32H,8-11,13,15H2,1-7H3/b17-12-,19-14+/t18-,20+,22?,23-,26-/m0/s1. The second kappa shape index (κ2) is 12.9. The van der Waals surface area contributed by atoms with Crippen LogP contribution in [0.3, 0.4) is 0 Å². The Morgan fingerprint density at radius 3 is 2.60 bits per heavy atom. The van der Waals surface area contributed by atoms with Gasteiger partial charge in [0.05, 0.1) is 34.7 Å². The quantitative estimate of drug-likeness (QED) is 0.415. The van der Waals surface area contributed by atoms with Gasteiger partial charge in [-0.3, -0.25) is 9.59 Å². The first-order valence-corrected chi connectivity index (χ1v) is 13.6. The molecule has 1 aliphatic heterocycles. The van der Waals surface area contributed by atoms with Crippen molar-refractivity contribution in [3.8, 4) is 0 Å². The molecule has 0 radical (unpaired) electrons. The lowest BCUT2D eigenvalue weighted by atomic mass is 9.73. The van der Waals surface area contributed by atoms with Crippen LogP contribution in [0.2, 0.25) is 0 Å². The molecule has 0 saturated carbocycles. The summed E-state index contributed by atoms with van der Waals surface area (Å²) in [6.07, 6.45) is 5.23. The molecule has 2 heterocycles. The van der Waals surface area contributed by atoms with E-state index in [4.69, 9.17) is 4.74 Å². The fraction of sp³-hybridized carbons (Fsp3) is 0.679. The number of nitrogens with zero attached hydrogens (tertiary/aromatic N) is 1. The molecule has 1 aromatic heterocycles. The number of ketones is 1. The zero-order valence-corrected chi connectivity index (χ0v) is 23.2. The van der Waals surface area contributed by atoms with Crippen LogP contribution in [0.1, 0.15) is 91.3 Å². The normalized spacial score (nSPS) is 31.5. The molecule has 0 bridgehead atoms. The predicted octanol–water partition coefficient (Wildman–Crippen LogP) is 5.52. The Hall–Kier alpha value is -1.83. The van der Waals surface area contributed by atoms with E-state index in [9.17, 15) is 19.8 Å². The van der Waals surface area contributed by atoms with E-state index in [1.165, 1.54) is 5.57 Å². The van der Waals surface area contributed by atoms with Gasteiger partial charge < -0.3 is 14.9 Å². The molecule has 0 amide bonds. The van der Waals surface area contributed by atoms with Gasteiger partial charge in [0.1, 0.15) is 11.9 Å². The minimum absolute atomic E-state index is 0.0448. The third-order valence-electron chi connectivity index (χ3n) is 7.28. The number of rotatable bonds is 3. The largest absolute Gasteiger partial charge is 0.457 e. The molecule has 0 aromatic carbocycles. The predicted molar refractivity (Wildman–Crippen MR) is 141 cm³/mol. The van der Waals surface area contributed by atoms with Crippen LogP contribution in [0.15, 0.2) is 22.6 Å². The Kier molecular flexibility index (Phi) is 10.9. The minimum atomic E-state index is -1.21. The van der Waals surface area contributed by atoms with Crippen LogP contribution in [0.5, 0.6) is 0 Å². The first kappa shape index (κ1) is 29.4. The molecule has 0 fully saturated rings. The van der Waals surface area contributed by atoms with E-state index >= 15 is 0 Å². The zero-order valence-electron chi connectivity index (χ0n) is 22.3. The number of aliphatic hydroxyl groups excluding tert-OH is 2. The van der Waals surface area contributed by atoms with Crippen LogP contribution < -0.4 is 0 Å². The summed E-state index contributed by atoms with van der Waals surface area (Å²) in [5.41, 5.74) is 1.73. The Labute approximate surface area is 214 Å². The molecule has 7 heteroatoms. The molecule has 1 aromatic rings. The highest BCUT2D eigenvalue weighted by Gasteiger charge is 2.42. The molecule has 6 nitrogen and oxygen atoms in total. The van der Waals surface area contributed by atoms with Crippen molar-refractivity contribution in [3.63, 3.8) is 0 Å². The van der Waals surface area contributed by atoms with Crippen molar-refractivity contribution >= 4 is 29.2 Å². The molecule has 0 saturated heterocycles. The van der Waals surface area contributed by atoms with Gasteiger partial charge in [-0.25, -0.2) is 4.98 Å². The van der Waals surface area contributed by atoms with E-state index in [1.54, 1.807) is 32.1 Å². The monoisotopic (exact) mass is 505 g/mol. The Morgan fingerprint density at radius 2 is 1.97 bits per heavy atom. The van der Waals surface area contributed by atoms with Crippen LogP contribution >= 0.6 is 11.3 Å². The third-order valence-corrected chi connectivity index (χ3v) is 8.29. The van der Waals surface area contributed by atoms with Gasteiger partial charge in [-0.05, 0) is 57.1 Å². The van der Waals surface area contributed by atoms with Crippen molar-refractivity contribution in [2.45, 2.75) is 105 Å². The van der Waals surface area contributed by atoms with Crippen molar-refractivity contribution in [1.82, 2.24) is 4.98 Å². The lowest BCUT2D eigenvalue weighted by Gasteiger charge is -2.34. The van der Waals surface area contributed by atoms with E-state index in [-0.39, 0.29) is 18.1 Å². The van der Waals surface area contributed by atoms with Gasteiger partial charge in [-0.2, -0.15) is 0 Å². The van der Waals surface area contributed by atoms with Crippen LogP contribution in [-0.4, -0.2) is 45.3 Å². The molecule has 2 N–H and O–H groups in total. The van der Waals surface area contributed by atoms with E-state index < -0.39 is 35.6 Å². The maximum atomic E-state index is 13.2. The van der Waals surface area contributed by atoms with Crippen LogP contribution in [0.4, 0.5) is 0 Å². The van der Waals surface area contributed by atoms with Gasteiger partial charge in [0.2, 0.25) is 0 Å². The first-order valence-electron chi connectivity index (χ1n) is 12.7. The molecular formula is C28H43NO5S. The van der Waals surface area contributed by atoms with Gasteiger partial charge >= 0.3 is 5.97 Å². The average molecular weight is 506 g/mol. The summed E-state index contributed by atoms with van der Waals surface area (Å²) in [4.78, 5) is 30.7. The van der Waals surface area contributed by atoms with Gasteiger partial charge in [-0.1, -0.05) is 46.3 Å². The lowest BCUT2D eigenvalue weighted by Crippen LogP contribution is -2.45. The van der Waals surface area contributed by atoms with Gasteiger partial charge in [-0.15, -0.1) is 11.3 Å². The molecule has 196 valence electrons. The number of aliphatic hydroxyl groups is 2. The number of hydrogen-bond acceptors (Lipinski definition) is 7. The summed E-state index contributed by atoms with van der Waals surface area (Å²) in [5, 5.41) is 24.7. The number of Topliss-reactive ketones (excluding diaryl/α,β-unsaturated/α-hetero) is 1. The highest BCUT2D eigenvalue weighted by Crippen LogP contribution is 2.32. The summed E-state index contributed by atoms with van der Waals surface area (Å²) in [5.74, 6) is -1.48. The van der Waals surface area contributed by atoms with Gasteiger partial charge in [0.25, 0.3) is 0 Å². The number of allylic oxidation sites excluding steroid dienone is 1. The molecule has 0 aliphatic carbocycles. The number of aryl methyl sites for hydroxylation is 1. The average Bonchev–Trinajstić information content (AvgIpc) is 3.26. The molecule has 1 aliphatic rings. The van der Waals surface area contributed by atoms with Crippen LogP contribution in [0, 0.1) is 17.3 Å². The van der Waals surface area contributed by atoms with Crippen LogP contribution in [-0.2, 0) is 20.7 Å². The zero-order chi connectivity index (χ0) is 26.3. The van der Waals surface area contributed by atoms with Crippen LogP contribution in [0.25, 0.3) is 6.08 Å². The summed E-state index contributed by atoms with van der Waals surface area (Å²) in [6, 6.07) is 0. The number of cyclic esters (lactones) is 1. The Bertz CT molecular complexity index is 932. The highest BCUT2D eigenvalue weighted by molar-refractivity contribution is 7.09. The second-order valence-corrected chi connectivity index (χ2v) is 11.6. The molecular weight excluding hydrogens is 462 g/mol. The number of hydrogen-bond donors (Lipinski definition) is 2. The number of ether oxygens (including phenoxy) is 1. The number of carbonyl (C=O) groups excluding carboxylic acids is 2. The first-order chi connectivity index (χ1) is 16.4. The fourth-order valence-electron chi connectivity index (χ4n) is 4.51. The minimum Gasteiger partial charge on any atom is -0.457 e. The third kappa shape index (κ3) is 8.09.